The zero-order valence-electron chi connectivity index (χ0n) is 8.38. The van der Waals surface area contributed by atoms with Crippen molar-refractivity contribution in [2.75, 3.05) is 0 Å². The van der Waals surface area contributed by atoms with Gasteiger partial charge in [0.05, 0.1) is 0 Å². The normalized spacial score (nSPS) is 20.4. The third kappa shape index (κ3) is 1.13. The van der Waals surface area contributed by atoms with Gasteiger partial charge in [-0.2, -0.15) is 0 Å². The molecule has 0 radical (unpaired) electrons. The maximum atomic E-state index is 11.3. The molecule has 0 N–H and O–H groups in total. The topological polar surface area (TPSA) is 22.0 Å². The molecule has 2 heteroatoms. The number of hydrogen-bond donors (Lipinski definition) is 0. The van der Waals surface area contributed by atoms with Crippen LogP contribution in [0.1, 0.15) is 36.2 Å². The molecule has 74 valence electrons. The number of aromatic nitrogens is 1. The van der Waals surface area contributed by atoms with Crippen molar-refractivity contribution in [2.45, 2.75) is 45.1 Å². The van der Waals surface area contributed by atoms with Crippen LogP contribution < -0.4 is 0 Å². The maximum Gasteiger partial charge on any atom is 0.140 e. The third-order valence-corrected chi connectivity index (χ3v) is 3.49. The van der Waals surface area contributed by atoms with E-state index < -0.39 is 0 Å². The summed E-state index contributed by atoms with van der Waals surface area (Å²) in [6, 6.07) is 2.27. The zero-order valence-corrected chi connectivity index (χ0v) is 8.38. The quantitative estimate of drug-likeness (QED) is 0.610. The Labute approximate surface area is 83.9 Å². The van der Waals surface area contributed by atoms with Crippen molar-refractivity contribution in [2.24, 2.45) is 0 Å². The van der Waals surface area contributed by atoms with Crippen molar-refractivity contribution < 1.29 is 4.79 Å². The lowest BCUT2D eigenvalue weighted by atomic mass is 9.98. The SMILES string of the molecule is O=C1CCn2c(cc3c2CCCC3)C1. The van der Waals surface area contributed by atoms with E-state index >= 15 is 0 Å². The van der Waals surface area contributed by atoms with Gasteiger partial charge in [-0.3, -0.25) is 4.79 Å². The van der Waals surface area contributed by atoms with Crippen LogP contribution in [0.15, 0.2) is 6.07 Å². The first-order chi connectivity index (χ1) is 6.84. The fourth-order valence-corrected chi connectivity index (χ4v) is 2.78. The molecule has 2 nitrogen and oxygen atoms in total. The maximum absolute atomic E-state index is 11.3. The Bertz CT molecular complexity index is 389. The summed E-state index contributed by atoms with van der Waals surface area (Å²) < 4.78 is 2.40. The largest absolute Gasteiger partial charge is 0.347 e. The van der Waals surface area contributed by atoms with E-state index in [0.717, 1.165) is 13.0 Å². The molecule has 2 aliphatic rings. The first-order valence-corrected chi connectivity index (χ1v) is 5.56. The predicted molar refractivity (Wildman–Crippen MR) is 54.4 cm³/mol. The van der Waals surface area contributed by atoms with Crippen molar-refractivity contribution in [3.8, 4) is 0 Å². The Morgan fingerprint density at radius 1 is 1.14 bits per heavy atom. The molecule has 14 heavy (non-hydrogen) atoms. The van der Waals surface area contributed by atoms with E-state index in [1.165, 1.54) is 42.6 Å². The van der Waals surface area contributed by atoms with Crippen LogP contribution in [0.2, 0.25) is 0 Å². The highest BCUT2D eigenvalue weighted by atomic mass is 16.1. The standard InChI is InChI=1S/C12H15NO/c14-11-5-6-13-10(8-11)7-9-3-1-2-4-12(9)13/h7H,1-6,8H2. The first-order valence-electron chi connectivity index (χ1n) is 5.56. The second-order valence-electron chi connectivity index (χ2n) is 4.43. The van der Waals surface area contributed by atoms with Crippen LogP contribution in [0.3, 0.4) is 0 Å². The molecular formula is C12H15NO. The number of rotatable bonds is 0. The zero-order chi connectivity index (χ0) is 9.54. The summed E-state index contributed by atoms with van der Waals surface area (Å²) in [7, 11) is 0. The van der Waals surface area contributed by atoms with Crippen molar-refractivity contribution >= 4 is 5.78 Å². The number of ketones is 1. The van der Waals surface area contributed by atoms with Crippen LogP contribution in [-0.4, -0.2) is 10.4 Å². The molecule has 0 amide bonds. The fourth-order valence-electron chi connectivity index (χ4n) is 2.78. The fraction of sp³-hybridized carbons (Fsp3) is 0.583. The van der Waals surface area contributed by atoms with Gasteiger partial charge in [-0.25, -0.2) is 0 Å². The van der Waals surface area contributed by atoms with Gasteiger partial charge >= 0.3 is 0 Å². The van der Waals surface area contributed by atoms with Crippen molar-refractivity contribution in [3.05, 3.63) is 23.0 Å². The molecule has 0 unspecified atom stereocenters. The summed E-state index contributed by atoms with van der Waals surface area (Å²) in [4.78, 5) is 11.3. The summed E-state index contributed by atoms with van der Waals surface area (Å²) in [5, 5.41) is 0. The van der Waals surface area contributed by atoms with E-state index in [0.29, 0.717) is 12.2 Å². The monoisotopic (exact) mass is 189 g/mol. The van der Waals surface area contributed by atoms with E-state index in [1.54, 1.807) is 0 Å². The molecule has 3 rings (SSSR count). The van der Waals surface area contributed by atoms with Gasteiger partial charge in [-0.1, -0.05) is 0 Å². The molecule has 0 fully saturated rings. The van der Waals surface area contributed by atoms with Crippen LogP contribution in [0.4, 0.5) is 0 Å². The van der Waals surface area contributed by atoms with Gasteiger partial charge in [0, 0.05) is 30.8 Å². The first kappa shape index (κ1) is 8.27. The van der Waals surface area contributed by atoms with Gasteiger partial charge in [-0.15, -0.1) is 0 Å². The summed E-state index contributed by atoms with van der Waals surface area (Å²) >= 11 is 0. The molecule has 0 spiro atoms. The molecule has 1 aromatic rings. The highest BCUT2D eigenvalue weighted by Gasteiger charge is 2.22. The van der Waals surface area contributed by atoms with Gasteiger partial charge in [0.15, 0.2) is 0 Å². The third-order valence-electron chi connectivity index (χ3n) is 3.49. The van der Waals surface area contributed by atoms with E-state index in [2.05, 4.69) is 10.6 Å². The Morgan fingerprint density at radius 2 is 2.00 bits per heavy atom. The number of carbonyl (C=O) groups excluding carboxylic acids is 1. The molecule has 0 aromatic carbocycles. The number of Topliss-reactive ketones (excluding diaryl/α,β-unsaturated/α-hetero) is 1. The molecule has 2 heterocycles. The highest BCUT2D eigenvalue weighted by Crippen LogP contribution is 2.27. The Balaban J connectivity index is 2.08. The van der Waals surface area contributed by atoms with Crippen LogP contribution >= 0.6 is 0 Å². The van der Waals surface area contributed by atoms with Crippen LogP contribution in [0, 0.1) is 0 Å². The lowest BCUT2D eigenvalue weighted by molar-refractivity contribution is -0.119. The Morgan fingerprint density at radius 3 is 2.93 bits per heavy atom. The minimum absolute atomic E-state index is 0.410. The number of aryl methyl sites for hydroxylation is 1. The number of nitrogens with zero attached hydrogens (tertiary/aromatic N) is 1. The van der Waals surface area contributed by atoms with Gasteiger partial charge in [0.1, 0.15) is 5.78 Å². The molecule has 0 atom stereocenters. The van der Waals surface area contributed by atoms with E-state index in [1.807, 2.05) is 0 Å². The van der Waals surface area contributed by atoms with Crippen LogP contribution in [0.5, 0.6) is 0 Å². The Hall–Kier alpha value is -1.05. The second-order valence-corrected chi connectivity index (χ2v) is 4.43. The molecule has 0 bridgehead atoms. The van der Waals surface area contributed by atoms with Crippen molar-refractivity contribution in [1.82, 2.24) is 4.57 Å². The van der Waals surface area contributed by atoms with Crippen LogP contribution in [-0.2, 0) is 30.6 Å². The highest BCUT2D eigenvalue weighted by molar-refractivity contribution is 5.81. The van der Waals surface area contributed by atoms with E-state index in [4.69, 9.17) is 0 Å². The number of hydrogen-bond acceptors (Lipinski definition) is 1. The average molecular weight is 189 g/mol. The predicted octanol–water partition coefficient (Wildman–Crippen LogP) is 1.88. The number of carbonyl (C=O) groups is 1. The molecular weight excluding hydrogens is 174 g/mol. The molecule has 1 aromatic heterocycles. The molecule has 0 saturated carbocycles. The van der Waals surface area contributed by atoms with Crippen molar-refractivity contribution in [1.29, 1.82) is 0 Å². The van der Waals surface area contributed by atoms with Crippen LogP contribution in [0.25, 0.3) is 0 Å². The van der Waals surface area contributed by atoms with Gasteiger partial charge in [0.25, 0.3) is 0 Å². The second kappa shape index (κ2) is 2.97. The summed E-state index contributed by atoms with van der Waals surface area (Å²) in [5.74, 6) is 0.410. The minimum atomic E-state index is 0.410. The number of fused-ring (bicyclic) bond motifs is 3. The lowest BCUT2D eigenvalue weighted by Crippen LogP contribution is -2.20. The molecule has 1 aliphatic heterocycles. The average Bonchev–Trinajstić information content (AvgIpc) is 2.54. The summed E-state index contributed by atoms with van der Waals surface area (Å²) in [6.07, 6.45) is 6.52. The van der Waals surface area contributed by atoms with Gasteiger partial charge in [-0.05, 0) is 37.3 Å². The van der Waals surface area contributed by atoms with Gasteiger partial charge in [0.2, 0.25) is 0 Å². The molecule has 0 saturated heterocycles. The van der Waals surface area contributed by atoms with E-state index in [9.17, 15) is 4.79 Å². The molecule has 1 aliphatic carbocycles. The smallest absolute Gasteiger partial charge is 0.140 e. The summed E-state index contributed by atoms with van der Waals surface area (Å²) in [6.45, 7) is 0.934. The van der Waals surface area contributed by atoms with Gasteiger partial charge < -0.3 is 4.57 Å². The summed E-state index contributed by atoms with van der Waals surface area (Å²) in [5.41, 5.74) is 4.31. The lowest BCUT2D eigenvalue weighted by Gasteiger charge is -2.19. The van der Waals surface area contributed by atoms with E-state index in [-0.39, 0.29) is 0 Å². The van der Waals surface area contributed by atoms with Crippen molar-refractivity contribution in [3.63, 3.8) is 0 Å². The Kier molecular flexibility index (Phi) is 1.76. The minimum Gasteiger partial charge on any atom is -0.347 e.